The highest BCUT2D eigenvalue weighted by Gasteiger charge is 2.38. The number of ether oxygens (including phenoxy) is 2. The Morgan fingerprint density at radius 3 is 2.15 bits per heavy atom. The molecule has 0 fully saturated rings. The van der Waals surface area contributed by atoms with Crippen molar-refractivity contribution in [3.63, 3.8) is 0 Å². The minimum atomic E-state index is -0.653. The first-order chi connectivity index (χ1) is 9.42. The summed E-state index contributed by atoms with van der Waals surface area (Å²) < 4.78 is 9.47. The Morgan fingerprint density at radius 1 is 1.05 bits per heavy atom. The van der Waals surface area contributed by atoms with Gasteiger partial charge in [-0.05, 0) is 28.5 Å². The second-order valence-corrected chi connectivity index (χ2v) is 5.44. The average Bonchev–Trinajstić information content (AvgIpc) is 2.71. The molecule has 1 aromatic carbocycles. The van der Waals surface area contributed by atoms with Gasteiger partial charge in [0.2, 0.25) is 0 Å². The van der Waals surface area contributed by atoms with Gasteiger partial charge in [0.15, 0.2) is 0 Å². The third-order valence-electron chi connectivity index (χ3n) is 3.68. The standard InChI is InChI=1S/C16H18O4/c1-16(2)9-11(10-7-5-6-8-12(10)16)13(14(17)19-3)15(18)20-4/h5-8H,9H2,1-4H3. The van der Waals surface area contributed by atoms with Gasteiger partial charge in [-0.25, -0.2) is 9.59 Å². The van der Waals surface area contributed by atoms with E-state index < -0.39 is 11.9 Å². The van der Waals surface area contributed by atoms with Crippen LogP contribution in [-0.2, 0) is 24.5 Å². The van der Waals surface area contributed by atoms with Gasteiger partial charge in [0.25, 0.3) is 0 Å². The minimum absolute atomic E-state index is 0.00646. The monoisotopic (exact) mass is 274 g/mol. The van der Waals surface area contributed by atoms with E-state index in [-0.39, 0.29) is 11.0 Å². The van der Waals surface area contributed by atoms with E-state index in [0.29, 0.717) is 12.0 Å². The SMILES string of the molecule is COC(=O)C(C(=O)OC)=C1CC(C)(C)c2ccccc21. The van der Waals surface area contributed by atoms with Gasteiger partial charge in [-0.15, -0.1) is 0 Å². The second kappa shape index (κ2) is 5.12. The molecule has 0 aromatic heterocycles. The summed E-state index contributed by atoms with van der Waals surface area (Å²) in [5.74, 6) is -1.31. The van der Waals surface area contributed by atoms with Crippen molar-refractivity contribution in [1.82, 2.24) is 0 Å². The molecular weight excluding hydrogens is 256 g/mol. The van der Waals surface area contributed by atoms with Crippen molar-refractivity contribution < 1.29 is 19.1 Å². The maximum absolute atomic E-state index is 11.9. The molecule has 4 nitrogen and oxygen atoms in total. The van der Waals surface area contributed by atoms with Crippen LogP contribution in [0.2, 0.25) is 0 Å². The Hall–Kier alpha value is -2.10. The predicted octanol–water partition coefficient (Wildman–Crippen LogP) is 2.47. The van der Waals surface area contributed by atoms with Gasteiger partial charge in [0, 0.05) is 0 Å². The summed E-state index contributed by atoms with van der Waals surface area (Å²) in [5.41, 5.74) is 2.61. The summed E-state index contributed by atoms with van der Waals surface area (Å²) in [4.78, 5) is 23.9. The quantitative estimate of drug-likeness (QED) is 0.360. The third kappa shape index (κ3) is 2.22. The van der Waals surface area contributed by atoms with Crippen LogP contribution in [0.1, 0.15) is 31.4 Å². The zero-order valence-corrected chi connectivity index (χ0v) is 12.1. The van der Waals surface area contributed by atoms with E-state index in [1.165, 1.54) is 14.2 Å². The van der Waals surface area contributed by atoms with Crippen molar-refractivity contribution in [3.8, 4) is 0 Å². The fourth-order valence-corrected chi connectivity index (χ4v) is 2.73. The van der Waals surface area contributed by atoms with Gasteiger partial charge in [0.1, 0.15) is 5.57 Å². The summed E-state index contributed by atoms with van der Waals surface area (Å²) in [6.45, 7) is 4.18. The topological polar surface area (TPSA) is 52.6 Å². The van der Waals surface area contributed by atoms with Gasteiger partial charge in [-0.1, -0.05) is 38.1 Å². The third-order valence-corrected chi connectivity index (χ3v) is 3.68. The first-order valence-corrected chi connectivity index (χ1v) is 6.42. The van der Waals surface area contributed by atoms with Gasteiger partial charge in [0.05, 0.1) is 14.2 Å². The maximum atomic E-state index is 11.9. The Morgan fingerprint density at radius 2 is 1.60 bits per heavy atom. The van der Waals surface area contributed by atoms with E-state index in [2.05, 4.69) is 13.8 Å². The molecule has 1 aromatic rings. The number of fused-ring (bicyclic) bond motifs is 1. The van der Waals surface area contributed by atoms with Crippen LogP contribution in [-0.4, -0.2) is 26.2 Å². The van der Waals surface area contributed by atoms with Gasteiger partial charge < -0.3 is 9.47 Å². The van der Waals surface area contributed by atoms with Crippen LogP contribution in [0.25, 0.3) is 5.57 Å². The molecule has 0 amide bonds. The van der Waals surface area contributed by atoms with Crippen LogP contribution in [0.5, 0.6) is 0 Å². The first-order valence-electron chi connectivity index (χ1n) is 6.42. The van der Waals surface area contributed by atoms with Crippen LogP contribution in [0, 0.1) is 0 Å². The zero-order valence-electron chi connectivity index (χ0n) is 12.1. The summed E-state index contributed by atoms with van der Waals surface area (Å²) >= 11 is 0. The molecule has 4 heteroatoms. The van der Waals surface area contributed by atoms with E-state index in [1.807, 2.05) is 24.3 Å². The van der Waals surface area contributed by atoms with E-state index in [9.17, 15) is 9.59 Å². The molecule has 0 radical (unpaired) electrons. The average molecular weight is 274 g/mol. The van der Waals surface area contributed by atoms with Gasteiger partial charge in [-0.3, -0.25) is 0 Å². The minimum Gasteiger partial charge on any atom is -0.465 e. The zero-order chi connectivity index (χ0) is 14.9. The van der Waals surface area contributed by atoms with Crippen LogP contribution in [0.3, 0.4) is 0 Å². The highest BCUT2D eigenvalue weighted by atomic mass is 16.5. The van der Waals surface area contributed by atoms with Crippen LogP contribution in [0.4, 0.5) is 0 Å². The van der Waals surface area contributed by atoms with Crippen LogP contribution in [0.15, 0.2) is 29.8 Å². The molecule has 106 valence electrons. The molecule has 0 atom stereocenters. The van der Waals surface area contributed by atoms with Crippen molar-refractivity contribution in [3.05, 3.63) is 41.0 Å². The molecule has 1 aliphatic rings. The van der Waals surface area contributed by atoms with Crippen molar-refractivity contribution in [2.75, 3.05) is 14.2 Å². The Balaban J connectivity index is 2.69. The normalized spacial score (nSPS) is 15.5. The number of hydrogen-bond donors (Lipinski definition) is 0. The number of carbonyl (C=O) groups is 2. The molecule has 0 N–H and O–H groups in total. The molecule has 20 heavy (non-hydrogen) atoms. The first kappa shape index (κ1) is 14.3. The molecule has 0 spiro atoms. The largest absolute Gasteiger partial charge is 0.465 e. The molecule has 0 heterocycles. The fourth-order valence-electron chi connectivity index (χ4n) is 2.73. The van der Waals surface area contributed by atoms with Crippen molar-refractivity contribution >= 4 is 17.5 Å². The summed E-state index contributed by atoms with van der Waals surface area (Å²) in [5, 5.41) is 0. The molecule has 2 rings (SSSR count). The van der Waals surface area contributed by atoms with Crippen molar-refractivity contribution in [1.29, 1.82) is 0 Å². The molecular formula is C16H18O4. The molecule has 1 aliphatic carbocycles. The van der Waals surface area contributed by atoms with Gasteiger partial charge in [-0.2, -0.15) is 0 Å². The predicted molar refractivity (Wildman–Crippen MR) is 75.0 cm³/mol. The second-order valence-electron chi connectivity index (χ2n) is 5.44. The lowest BCUT2D eigenvalue weighted by Gasteiger charge is -2.18. The highest BCUT2D eigenvalue weighted by Crippen LogP contribution is 2.46. The number of hydrogen-bond acceptors (Lipinski definition) is 4. The lowest BCUT2D eigenvalue weighted by molar-refractivity contribution is -0.143. The summed E-state index contributed by atoms with van der Waals surface area (Å²) in [6.07, 6.45) is 0.603. The molecule has 0 unspecified atom stereocenters. The van der Waals surface area contributed by atoms with E-state index >= 15 is 0 Å². The smallest absolute Gasteiger partial charge is 0.345 e. The van der Waals surface area contributed by atoms with Crippen molar-refractivity contribution in [2.24, 2.45) is 0 Å². The number of allylic oxidation sites excluding steroid dienone is 1. The van der Waals surface area contributed by atoms with Crippen LogP contribution < -0.4 is 0 Å². The van der Waals surface area contributed by atoms with Crippen LogP contribution >= 0.6 is 0 Å². The highest BCUT2D eigenvalue weighted by molar-refractivity contribution is 6.20. The summed E-state index contributed by atoms with van der Waals surface area (Å²) in [6, 6.07) is 7.80. The van der Waals surface area contributed by atoms with E-state index in [4.69, 9.17) is 9.47 Å². The molecule has 0 bridgehead atoms. The molecule has 0 aliphatic heterocycles. The van der Waals surface area contributed by atoms with Gasteiger partial charge >= 0.3 is 11.9 Å². The number of carbonyl (C=O) groups excluding carboxylic acids is 2. The number of rotatable bonds is 2. The van der Waals surface area contributed by atoms with Crippen molar-refractivity contribution in [2.45, 2.75) is 25.7 Å². The Labute approximate surface area is 118 Å². The lowest BCUT2D eigenvalue weighted by atomic mass is 9.86. The number of methoxy groups -OCH3 is 2. The van der Waals surface area contributed by atoms with E-state index in [1.54, 1.807) is 0 Å². The number of esters is 2. The maximum Gasteiger partial charge on any atom is 0.345 e. The number of benzene rings is 1. The Bertz CT molecular complexity index is 578. The fraction of sp³-hybridized carbons (Fsp3) is 0.375. The van der Waals surface area contributed by atoms with E-state index in [0.717, 1.165) is 11.1 Å². The molecule has 0 saturated heterocycles. The summed E-state index contributed by atoms with van der Waals surface area (Å²) in [7, 11) is 2.52. The Kier molecular flexibility index (Phi) is 3.66. The lowest BCUT2D eigenvalue weighted by Crippen LogP contribution is -2.18. The molecule has 0 saturated carbocycles.